The van der Waals surface area contributed by atoms with E-state index < -0.39 is 50.2 Å². The number of alkyl halides is 4. The minimum atomic E-state index is -4.19. The lowest BCUT2D eigenvalue weighted by molar-refractivity contribution is -0.121. The van der Waals surface area contributed by atoms with Crippen molar-refractivity contribution in [3.63, 3.8) is 0 Å². The molecule has 3 rings (SSSR count). The SMILES string of the molecule is [CH2+]C(CC)(C1CCN(c2ncc(C(F)(F)CC)cn2)C(=O)C1)S(=O)(=O)c1cccc(C(C)(F)F)c1. The van der Waals surface area contributed by atoms with Crippen LogP contribution in [0.1, 0.15) is 57.6 Å². The Labute approximate surface area is 202 Å². The van der Waals surface area contributed by atoms with E-state index in [1.807, 2.05) is 0 Å². The summed E-state index contributed by atoms with van der Waals surface area (Å²) in [5.41, 5.74) is -0.794. The number of anilines is 1. The van der Waals surface area contributed by atoms with Gasteiger partial charge >= 0.3 is 0 Å². The number of carbonyl (C=O) groups is 1. The largest absolute Gasteiger partial charge is 0.281 e. The lowest BCUT2D eigenvalue weighted by Crippen LogP contribution is -2.50. The van der Waals surface area contributed by atoms with Crippen molar-refractivity contribution in [2.24, 2.45) is 5.92 Å². The van der Waals surface area contributed by atoms with E-state index in [2.05, 4.69) is 16.9 Å². The van der Waals surface area contributed by atoms with Crippen LogP contribution in [0, 0.1) is 12.8 Å². The van der Waals surface area contributed by atoms with Gasteiger partial charge in [0, 0.05) is 56.6 Å². The highest BCUT2D eigenvalue weighted by Gasteiger charge is 2.54. The van der Waals surface area contributed by atoms with Crippen molar-refractivity contribution in [1.29, 1.82) is 0 Å². The highest BCUT2D eigenvalue weighted by Crippen LogP contribution is 2.42. The lowest BCUT2D eigenvalue weighted by Gasteiger charge is -2.36. The van der Waals surface area contributed by atoms with Crippen LogP contribution in [0.3, 0.4) is 0 Å². The summed E-state index contributed by atoms with van der Waals surface area (Å²) in [6.45, 7) is 7.67. The smallest absolute Gasteiger partial charge is 0.275 e. The second-order valence-electron chi connectivity index (χ2n) is 8.90. The van der Waals surface area contributed by atoms with E-state index in [-0.39, 0.29) is 42.2 Å². The Hall–Kier alpha value is -2.69. The molecule has 0 radical (unpaired) electrons. The van der Waals surface area contributed by atoms with Gasteiger partial charge in [-0.1, -0.05) is 26.0 Å². The summed E-state index contributed by atoms with van der Waals surface area (Å²) in [6.07, 6.45) is 1.61. The number of rotatable bonds is 8. The first-order chi connectivity index (χ1) is 16.2. The number of piperidine rings is 1. The number of benzene rings is 1. The summed E-state index contributed by atoms with van der Waals surface area (Å²) in [5.74, 6) is -7.52. The number of aromatic nitrogens is 2. The first kappa shape index (κ1) is 26.9. The number of hydrogen-bond acceptors (Lipinski definition) is 5. The van der Waals surface area contributed by atoms with Crippen LogP contribution in [0.2, 0.25) is 0 Å². The van der Waals surface area contributed by atoms with E-state index in [1.165, 1.54) is 24.0 Å². The van der Waals surface area contributed by atoms with Crippen molar-refractivity contribution in [3.05, 3.63) is 54.7 Å². The van der Waals surface area contributed by atoms with Gasteiger partial charge in [-0.05, 0) is 18.6 Å². The maximum atomic E-state index is 13.8. The molecule has 2 unspecified atom stereocenters. The summed E-state index contributed by atoms with van der Waals surface area (Å²) in [5, 5.41) is 0. The van der Waals surface area contributed by atoms with Gasteiger partial charge in [-0.25, -0.2) is 35.9 Å². The fraction of sp³-hybridized carbons (Fsp3) is 0.500. The van der Waals surface area contributed by atoms with E-state index in [9.17, 15) is 30.8 Å². The van der Waals surface area contributed by atoms with Gasteiger partial charge in [-0.3, -0.25) is 9.69 Å². The molecule has 0 saturated carbocycles. The van der Waals surface area contributed by atoms with Crippen molar-refractivity contribution < 1.29 is 30.8 Å². The van der Waals surface area contributed by atoms with Crippen molar-refractivity contribution >= 4 is 21.7 Å². The van der Waals surface area contributed by atoms with E-state index in [0.717, 1.165) is 24.5 Å². The molecule has 0 aliphatic carbocycles. The number of nitrogens with zero attached hydrogens (tertiary/aromatic N) is 3. The summed E-state index contributed by atoms with van der Waals surface area (Å²) in [4.78, 5) is 21.7. The molecule has 190 valence electrons. The van der Waals surface area contributed by atoms with E-state index in [1.54, 1.807) is 6.92 Å². The average Bonchev–Trinajstić information content (AvgIpc) is 2.83. The van der Waals surface area contributed by atoms with Crippen molar-refractivity contribution in [2.45, 2.75) is 67.9 Å². The van der Waals surface area contributed by atoms with Crippen LogP contribution in [-0.2, 0) is 26.5 Å². The van der Waals surface area contributed by atoms with Gasteiger partial charge in [-0.15, -0.1) is 0 Å². The summed E-state index contributed by atoms with van der Waals surface area (Å²) in [6, 6.07) is 4.61. The van der Waals surface area contributed by atoms with Gasteiger partial charge in [0.25, 0.3) is 11.8 Å². The van der Waals surface area contributed by atoms with Crippen molar-refractivity contribution in [3.8, 4) is 0 Å². The van der Waals surface area contributed by atoms with Crippen molar-refractivity contribution in [2.75, 3.05) is 11.4 Å². The zero-order valence-corrected chi connectivity index (χ0v) is 20.6. The number of amides is 1. The molecule has 1 aliphatic heterocycles. The van der Waals surface area contributed by atoms with E-state index in [0.29, 0.717) is 6.92 Å². The Morgan fingerprint density at radius 1 is 1.09 bits per heavy atom. The Kier molecular flexibility index (Phi) is 7.23. The zero-order chi connectivity index (χ0) is 26.2. The Bertz CT molecular complexity index is 1180. The first-order valence-corrected chi connectivity index (χ1v) is 12.7. The Morgan fingerprint density at radius 2 is 1.71 bits per heavy atom. The van der Waals surface area contributed by atoms with Crippen LogP contribution in [0.25, 0.3) is 0 Å². The van der Waals surface area contributed by atoms with E-state index >= 15 is 0 Å². The lowest BCUT2D eigenvalue weighted by atomic mass is 9.83. The molecule has 2 heterocycles. The number of sulfone groups is 1. The predicted octanol–water partition coefficient (Wildman–Crippen LogP) is 5.29. The molecule has 0 N–H and O–H groups in total. The van der Waals surface area contributed by atoms with Gasteiger partial charge in [-0.2, -0.15) is 0 Å². The molecule has 11 heteroatoms. The molecule has 0 spiro atoms. The van der Waals surface area contributed by atoms with E-state index in [4.69, 9.17) is 0 Å². The van der Waals surface area contributed by atoms with Gasteiger partial charge in [0.15, 0.2) is 0 Å². The quantitative estimate of drug-likeness (QED) is 0.353. The van der Waals surface area contributed by atoms with Gasteiger partial charge in [0.2, 0.25) is 26.4 Å². The highest BCUT2D eigenvalue weighted by molar-refractivity contribution is 7.93. The molecule has 2 atom stereocenters. The molecule has 1 amide bonds. The number of hydrogen-bond donors (Lipinski definition) is 0. The fourth-order valence-electron chi connectivity index (χ4n) is 4.22. The second-order valence-corrected chi connectivity index (χ2v) is 11.2. The first-order valence-electron chi connectivity index (χ1n) is 11.3. The van der Waals surface area contributed by atoms with Gasteiger partial charge in [0.1, 0.15) is 0 Å². The summed E-state index contributed by atoms with van der Waals surface area (Å²) < 4.78 is 80.8. The number of halogens is 4. The molecule has 1 fully saturated rings. The van der Waals surface area contributed by atoms with Gasteiger partial charge < -0.3 is 0 Å². The molecule has 0 bridgehead atoms. The third-order valence-corrected chi connectivity index (χ3v) is 9.27. The monoisotopic (exact) mass is 514 g/mol. The standard InChI is InChI=1S/C24H28F4N3O3S/c1-5-22(3,35(33,34)19-9-7-8-17(12-19)23(4,25)26)16-10-11-31(20(32)13-16)21-29-14-18(15-30-21)24(27,28)6-2/h7-9,12,14-16H,3,5-6,10-11,13H2,1-2,4H3/q+1. The van der Waals surface area contributed by atoms with Gasteiger partial charge in [0.05, 0.1) is 17.4 Å². The minimum absolute atomic E-state index is 0.0454. The molecule has 1 aliphatic rings. The molecular formula is C24H28F4N3O3S+. The normalized spacial score (nSPS) is 19.5. The van der Waals surface area contributed by atoms with Crippen LogP contribution in [0.15, 0.2) is 41.6 Å². The van der Waals surface area contributed by atoms with Crippen molar-refractivity contribution in [1.82, 2.24) is 9.97 Å². The third kappa shape index (κ3) is 5.00. The zero-order valence-electron chi connectivity index (χ0n) is 19.8. The van der Waals surface area contributed by atoms with Crippen LogP contribution < -0.4 is 4.90 Å². The summed E-state index contributed by atoms with van der Waals surface area (Å²) >= 11 is 0. The highest BCUT2D eigenvalue weighted by atomic mass is 32.2. The molecule has 2 aromatic rings. The van der Waals surface area contributed by atoms with Crippen LogP contribution in [0.4, 0.5) is 23.5 Å². The van der Waals surface area contributed by atoms with Crippen LogP contribution >= 0.6 is 0 Å². The Morgan fingerprint density at radius 3 is 2.23 bits per heavy atom. The maximum absolute atomic E-state index is 13.8. The molecule has 35 heavy (non-hydrogen) atoms. The topological polar surface area (TPSA) is 80.2 Å². The third-order valence-electron chi connectivity index (χ3n) is 6.70. The second kappa shape index (κ2) is 9.40. The molecule has 1 aromatic carbocycles. The fourth-order valence-corrected chi connectivity index (χ4v) is 6.25. The summed E-state index contributed by atoms with van der Waals surface area (Å²) in [7, 11) is -4.19. The predicted molar refractivity (Wildman–Crippen MR) is 123 cm³/mol. The average molecular weight is 515 g/mol. The van der Waals surface area contributed by atoms with Crippen LogP contribution in [-0.4, -0.2) is 35.6 Å². The minimum Gasteiger partial charge on any atom is -0.281 e. The molecular weight excluding hydrogens is 486 g/mol. The van der Waals surface area contributed by atoms with Crippen LogP contribution in [0.5, 0.6) is 0 Å². The molecule has 1 saturated heterocycles. The molecule has 6 nitrogen and oxygen atoms in total. The molecule has 1 aromatic heterocycles. The number of carbonyl (C=O) groups excluding carboxylic acids is 1. The maximum Gasteiger partial charge on any atom is 0.275 e. The Balaban J connectivity index is 1.85.